The molecule has 0 aliphatic heterocycles. The van der Waals surface area contributed by atoms with Crippen molar-refractivity contribution in [1.82, 2.24) is 9.13 Å². The highest BCUT2D eigenvalue weighted by molar-refractivity contribution is 9.10. The molecule has 0 spiro atoms. The topological polar surface area (TPSA) is 71.9 Å². The predicted octanol–water partition coefficient (Wildman–Crippen LogP) is 7.20. The maximum Gasteiger partial charge on any atom is 0.290 e. The van der Waals surface area contributed by atoms with Gasteiger partial charge in [-0.1, -0.05) is 57.4 Å². The number of rotatable bonds is 4. The second-order valence-corrected chi connectivity index (χ2v) is 8.58. The van der Waals surface area contributed by atoms with Gasteiger partial charge in [0.15, 0.2) is 4.77 Å². The van der Waals surface area contributed by atoms with E-state index in [4.69, 9.17) is 23.8 Å². The second-order valence-electron chi connectivity index (χ2n) is 6.89. The molecule has 0 saturated heterocycles. The fourth-order valence-electron chi connectivity index (χ4n) is 3.06. The van der Waals surface area contributed by atoms with E-state index in [0.717, 1.165) is 10.0 Å². The largest absolute Gasteiger partial charge is 0.492 e. The fourth-order valence-corrected chi connectivity index (χ4v) is 3.92. The lowest BCUT2D eigenvalue weighted by Crippen LogP contribution is -2.23. The van der Waals surface area contributed by atoms with Crippen molar-refractivity contribution in [1.29, 1.82) is 0 Å². The molecular weight excluding hydrogens is 512 g/mol. The Hall–Kier alpha value is -3.07. The molecule has 0 aliphatic rings. The van der Waals surface area contributed by atoms with Crippen molar-refractivity contribution in [3.05, 3.63) is 103 Å². The molecule has 0 radical (unpaired) electrons. The molecule has 3 aromatic carbocycles. The number of aromatic hydroxyl groups is 1. The van der Waals surface area contributed by atoms with Crippen molar-refractivity contribution in [2.24, 2.45) is 10.2 Å². The highest BCUT2D eigenvalue weighted by Crippen LogP contribution is 2.32. The summed E-state index contributed by atoms with van der Waals surface area (Å²) in [4.78, 5) is 13.4. The molecule has 32 heavy (non-hydrogen) atoms. The summed E-state index contributed by atoms with van der Waals surface area (Å²) < 4.78 is 3.54. The Bertz CT molecular complexity index is 1450. The van der Waals surface area contributed by atoms with E-state index in [2.05, 4.69) is 26.2 Å². The van der Waals surface area contributed by atoms with Gasteiger partial charge in [-0.2, -0.15) is 5.11 Å². The number of para-hydroxylation sites is 1. The Labute approximate surface area is 202 Å². The average molecular weight is 528 g/mol. The number of benzene rings is 3. The van der Waals surface area contributed by atoms with E-state index in [-0.39, 0.29) is 10.5 Å². The van der Waals surface area contributed by atoms with Gasteiger partial charge in [0.05, 0.1) is 22.1 Å². The van der Waals surface area contributed by atoms with Gasteiger partial charge in [0.1, 0.15) is 0 Å². The number of azo groups is 1. The molecule has 0 amide bonds. The molecule has 0 aliphatic carbocycles. The minimum absolute atomic E-state index is 0.0482. The lowest BCUT2D eigenvalue weighted by atomic mass is 10.2. The summed E-state index contributed by atoms with van der Waals surface area (Å²) >= 11 is 15.3. The van der Waals surface area contributed by atoms with Crippen molar-refractivity contribution in [3.8, 4) is 17.3 Å². The highest BCUT2D eigenvalue weighted by Gasteiger charge is 2.20. The molecule has 160 valence electrons. The van der Waals surface area contributed by atoms with Crippen LogP contribution in [0.1, 0.15) is 5.56 Å². The lowest BCUT2D eigenvalue weighted by Gasteiger charge is -2.16. The first-order chi connectivity index (χ1) is 15.4. The van der Waals surface area contributed by atoms with Crippen LogP contribution in [0.5, 0.6) is 5.88 Å². The van der Waals surface area contributed by atoms with Gasteiger partial charge in [0.2, 0.25) is 11.6 Å². The van der Waals surface area contributed by atoms with Crippen LogP contribution >= 0.6 is 39.7 Å². The van der Waals surface area contributed by atoms with Gasteiger partial charge in [-0.3, -0.25) is 13.9 Å². The number of nitrogens with zero attached hydrogens (tertiary/aromatic N) is 4. The van der Waals surface area contributed by atoms with Gasteiger partial charge in [-0.05, 0) is 67.7 Å². The third-order valence-electron chi connectivity index (χ3n) is 4.69. The molecule has 9 heteroatoms. The third kappa shape index (κ3) is 4.29. The van der Waals surface area contributed by atoms with E-state index in [9.17, 15) is 9.90 Å². The van der Waals surface area contributed by atoms with Crippen LogP contribution in [0.4, 0.5) is 11.4 Å². The smallest absolute Gasteiger partial charge is 0.290 e. The van der Waals surface area contributed by atoms with Crippen molar-refractivity contribution < 1.29 is 5.11 Å². The summed E-state index contributed by atoms with van der Waals surface area (Å²) in [6.07, 6.45) is 0. The van der Waals surface area contributed by atoms with Crippen molar-refractivity contribution in [2.75, 3.05) is 0 Å². The van der Waals surface area contributed by atoms with E-state index >= 15 is 0 Å². The van der Waals surface area contributed by atoms with Crippen LogP contribution in [0, 0.1) is 11.7 Å². The number of aromatic nitrogens is 2. The SMILES string of the molecule is Cc1ccc(-n2c(=O)c(N=Nc3ccc(Br)cc3)c(O)n(-c3ccccc3Cl)c2=S)cc1. The molecule has 0 saturated carbocycles. The van der Waals surface area contributed by atoms with Crippen LogP contribution in [0.25, 0.3) is 11.4 Å². The maximum atomic E-state index is 13.4. The van der Waals surface area contributed by atoms with Crippen LogP contribution < -0.4 is 5.56 Å². The summed E-state index contributed by atoms with van der Waals surface area (Å²) in [5, 5.41) is 19.6. The van der Waals surface area contributed by atoms with Crippen molar-refractivity contribution >= 4 is 51.1 Å². The first-order valence-corrected chi connectivity index (χ1v) is 11.0. The van der Waals surface area contributed by atoms with Gasteiger partial charge in [0, 0.05) is 4.47 Å². The van der Waals surface area contributed by atoms with Crippen molar-refractivity contribution in [2.45, 2.75) is 6.92 Å². The van der Waals surface area contributed by atoms with Gasteiger partial charge >= 0.3 is 0 Å². The minimum Gasteiger partial charge on any atom is -0.492 e. The van der Waals surface area contributed by atoms with Crippen LogP contribution in [0.15, 0.2) is 92.3 Å². The second kappa shape index (κ2) is 9.20. The third-order valence-corrected chi connectivity index (χ3v) is 5.90. The molecule has 1 N–H and O–H groups in total. The maximum absolute atomic E-state index is 13.4. The molecule has 0 bridgehead atoms. The fraction of sp³-hybridized carbons (Fsp3) is 0.0435. The van der Waals surface area contributed by atoms with Crippen LogP contribution in [-0.4, -0.2) is 14.2 Å². The summed E-state index contributed by atoms with van der Waals surface area (Å²) in [7, 11) is 0. The molecule has 6 nitrogen and oxygen atoms in total. The first-order valence-electron chi connectivity index (χ1n) is 9.47. The van der Waals surface area contributed by atoms with E-state index in [1.807, 2.05) is 19.1 Å². The lowest BCUT2D eigenvalue weighted by molar-refractivity contribution is 0.432. The van der Waals surface area contributed by atoms with Crippen LogP contribution in [-0.2, 0) is 0 Å². The van der Waals surface area contributed by atoms with Crippen LogP contribution in [0.3, 0.4) is 0 Å². The number of hydrogen-bond acceptors (Lipinski definition) is 5. The molecule has 1 heterocycles. The molecule has 1 aromatic heterocycles. The minimum atomic E-state index is -0.597. The summed E-state index contributed by atoms with van der Waals surface area (Å²) in [5.41, 5.74) is 1.63. The summed E-state index contributed by atoms with van der Waals surface area (Å²) in [5.74, 6) is -0.447. The predicted molar refractivity (Wildman–Crippen MR) is 132 cm³/mol. The zero-order valence-corrected chi connectivity index (χ0v) is 19.9. The summed E-state index contributed by atoms with van der Waals surface area (Å²) in [6.45, 7) is 1.94. The zero-order chi connectivity index (χ0) is 22.8. The van der Waals surface area contributed by atoms with Crippen LogP contribution in [0.2, 0.25) is 5.02 Å². The van der Waals surface area contributed by atoms with E-state index in [1.165, 1.54) is 9.13 Å². The highest BCUT2D eigenvalue weighted by atomic mass is 79.9. The van der Waals surface area contributed by atoms with Gasteiger partial charge in [0.25, 0.3) is 5.56 Å². The average Bonchev–Trinajstić information content (AvgIpc) is 2.77. The number of halogens is 2. The Morgan fingerprint density at radius 1 is 0.938 bits per heavy atom. The quantitative estimate of drug-likeness (QED) is 0.225. The van der Waals surface area contributed by atoms with Gasteiger partial charge in [-0.25, -0.2) is 0 Å². The molecule has 0 fully saturated rings. The normalized spacial score (nSPS) is 11.2. The Morgan fingerprint density at radius 3 is 2.25 bits per heavy atom. The molecule has 0 atom stereocenters. The van der Waals surface area contributed by atoms with E-state index in [0.29, 0.717) is 22.1 Å². The Morgan fingerprint density at radius 2 is 1.59 bits per heavy atom. The molecule has 0 unspecified atom stereocenters. The number of aryl methyl sites for hydroxylation is 1. The van der Waals surface area contributed by atoms with Crippen molar-refractivity contribution in [3.63, 3.8) is 0 Å². The zero-order valence-electron chi connectivity index (χ0n) is 16.7. The molecule has 4 rings (SSSR count). The van der Waals surface area contributed by atoms with E-state index < -0.39 is 11.4 Å². The van der Waals surface area contributed by atoms with Gasteiger partial charge < -0.3 is 5.11 Å². The summed E-state index contributed by atoms with van der Waals surface area (Å²) in [6, 6.07) is 21.2. The van der Waals surface area contributed by atoms with Gasteiger partial charge in [-0.15, -0.1) is 5.11 Å². The first kappa shape index (κ1) is 22.1. The number of hydrogen-bond donors (Lipinski definition) is 1. The Kier molecular flexibility index (Phi) is 6.36. The van der Waals surface area contributed by atoms with E-state index in [1.54, 1.807) is 60.7 Å². The molecule has 4 aromatic rings. The standard InChI is InChI=1S/C23H16BrClN4O2S/c1-14-6-12-17(13-7-14)28-21(30)20(27-26-16-10-8-15(24)9-11-16)22(31)29(23(28)32)19-5-3-2-4-18(19)25/h2-13,31H,1H3. The monoisotopic (exact) mass is 526 g/mol. The Balaban J connectivity index is 2.01. The molecular formula is C23H16BrClN4O2S.